The zero-order valence-electron chi connectivity index (χ0n) is 11.0. The van der Waals surface area contributed by atoms with Crippen LogP contribution in [0.4, 0.5) is 0 Å². The Bertz CT molecular complexity index is 714. The Morgan fingerprint density at radius 1 is 1.35 bits per heavy atom. The number of ether oxygens (including phenoxy) is 1. The molecule has 1 atom stereocenters. The number of thiophene rings is 1. The molecule has 3 aromatic rings. The first-order chi connectivity index (χ1) is 9.92. The zero-order chi connectivity index (χ0) is 13.4. The number of hydrogen-bond acceptors (Lipinski definition) is 4. The van der Waals surface area contributed by atoms with Crippen LogP contribution in [0.5, 0.6) is 0 Å². The molecule has 1 aliphatic heterocycles. The number of imidazole rings is 1. The van der Waals surface area contributed by atoms with Gasteiger partial charge in [-0.25, -0.2) is 9.97 Å². The molecule has 1 saturated heterocycles. The molecule has 5 heteroatoms. The van der Waals surface area contributed by atoms with E-state index in [1.54, 1.807) is 11.3 Å². The summed E-state index contributed by atoms with van der Waals surface area (Å²) >= 11 is 1.71. The van der Waals surface area contributed by atoms with Crippen LogP contribution in [0.1, 0.15) is 18.7 Å². The first-order valence-electron chi connectivity index (χ1n) is 6.89. The summed E-state index contributed by atoms with van der Waals surface area (Å²) in [4.78, 5) is 9.26. The van der Waals surface area contributed by atoms with Crippen LogP contribution in [0.15, 0.2) is 35.8 Å². The number of nitrogens with zero attached hydrogens (tertiary/aromatic N) is 3. The van der Waals surface area contributed by atoms with E-state index in [9.17, 15) is 0 Å². The largest absolute Gasteiger partial charge is 0.378 e. The van der Waals surface area contributed by atoms with Crippen molar-refractivity contribution in [3.63, 3.8) is 0 Å². The Labute approximate surface area is 121 Å². The first kappa shape index (κ1) is 12.1. The molecular weight excluding hydrogens is 270 g/mol. The zero-order valence-corrected chi connectivity index (χ0v) is 11.8. The summed E-state index contributed by atoms with van der Waals surface area (Å²) in [6.07, 6.45) is 5.26. The number of hydrogen-bond donors (Lipinski definition) is 0. The van der Waals surface area contributed by atoms with Gasteiger partial charge in [-0.3, -0.25) is 4.57 Å². The molecule has 102 valence electrons. The minimum absolute atomic E-state index is 0.297. The molecule has 0 spiro atoms. The molecule has 0 aromatic carbocycles. The summed E-state index contributed by atoms with van der Waals surface area (Å²) in [7, 11) is 0. The highest BCUT2D eigenvalue weighted by Gasteiger charge is 2.21. The monoisotopic (exact) mass is 285 g/mol. The van der Waals surface area contributed by atoms with Gasteiger partial charge in [-0.05, 0) is 42.5 Å². The van der Waals surface area contributed by atoms with Crippen LogP contribution < -0.4 is 0 Å². The molecule has 1 aliphatic rings. The van der Waals surface area contributed by atoms with Gasteiger partial charge >= 0.3 is 0 Å². The summed E-state index contributed by atoms with van der Waals surface area (Å²) in [6.45, 7) is 0.877. The van der Waals surface area contributed by atoms with Gasteiger partial charge in [-0.2, -0.15) is 0 Å². The van der Waals surface area contributed by atoms with E-state index in [-0.39, 0.29) is 0 Å². The van der Waals surface area contributed by atoms with Gasteiger partial charge in [0.25, 0.3) is 0 Å². The average Bonchev–Trinajstić information content (AvgIpc) is 3.18. The van der Waals surface area contributed by atoms with Gasteiger partial charge in [-0.15, -0.1) is 11.3 Å². The number of rotatable bonds is 3. The van der Waals surface area contributed by atoms with Crippen molar-refractivity contribution in [3.8, 4) is 5.00 Å². The van der Waals surface area contributed by atoms with E-state index in [0.29, 0.717) is 6.10 Å². The van der Waals surface area contributed by atoms with Gasteiger partial charge in [-0.1, -0.05) is 0 Å². The standard InChI is InChI=1S/C15H15N3OS/c1-5-12-15(16-7-1)18(14-6-3-9-20-14)13(17-12)10-11-4-2-8-19-11/h1,3,5-7,9,11H,2,4,8,10H2. The fourth-order valence-corrected chi connectivity index (χ4v) is 3.48. The molecule has 1 unspecified atom stereocenters. The molecule has 3 aromatic heterocycles. The van der Waals surface area contributed by atoms with E-state index < -0.39 is 0 Å². The third-order valence-electron chi connectivity index (χ3n) is 3.65. The molecule has 1 fully saturated rings. The minimum Gasteiger partial charge on any atom is -0.378 e. The van der Waals surface area contributed by atoms with Crippen LogP contribution >= 0.6 is 11.3 Å². The van der Waals surface area contributed by atoms with Crippen molar-refractivity contribution in [1.82, 2.24) is 14.5 Å². The van der Waals surface area contributed by atoms with Crippen LogP contribution in [-0.4, -0.2) is 27.2 Å². The molecule has 0 saturated carbocycles. The quantitative estimate of drug-likeness (QED) is 0.742. The predicted octanol–water partition coefficient (Wildman–Crippen LogP) is 3.20. The van der Waals surface area contributed by atoms with Gasteiger partial charge in [0.05, 0.1) is 6.10 Å². The Morgan fingerprint density at radius 3 is 3.15 bits per heavy atom. The van der Waals surface area contributed by atoms with Crippen molar-refractivity contribution < 1.29 is 4.74 Å². The molecule has 0 radical (unpaired) electrons. The summed E-state index contributed by atoms with van der Waals surface area (Å²) in [5.41, 5.74) is 1.89. The van der Waals surface area contributed by atoms with E-state index >= 15 is 0 Å². The third-order valence-corrected chi connectivity index (χ3v) is 4.50. The maximum absolute atomic E-state index is 5.75. The van der Waals surface area contributed by atoms with Crippen molar-refractivity contribution >= 4 is 22.5 Å². The lowest BCUT2D eigenvalue weighted by molar-refractivity contribution is 0.109. The Hall–Kier alpha value is -1.72. The van der Waals surface area contributed by atoms with Crippen molar-refractivity contribution in [2.45, 2.75) is 25.4 Å². The van der Waals surface area contributed by atoms with Gasteiger partial charge < -0.3 is 4.74 Å². The van der Waals surface area contributed by atoms with Crippen molar-refractivity contribution in [1.29, 1.82) is 0 Å². The SMILES string of the molecule is c1csc(-n2c(CC3CCCO3)nc3cccnc32)c1. The van der Waals surface area contributed by atoms with E-state index in [1.807, 2.05) is 18.3 Å². The molecule has 20 heavy (non-hydrogen) atoms. The van der Waals surface area contributed by atoms with E-state index in [1.165, 1.54) is 5.00 Å². The topological polar surface area (TPSA) is 39.9 Å². The smallest absolute Gasteiger partial charge is 0.165 e. The molecule has 0 aliphatic carbocycles. The van der Waals surface area contributed by atoms with Gasteiger partial charge in [0.15, 0.2) is 5.65 Å². The first-order valence-corrected chi connectivity index (χ1v) is 7.77. The maximum Gasteiger partial charge on any atom is 0.165 e. The lowest BCUT2D eigenvalue weighted by atomic mass is 10.2. The van der Waals surface area contributed by atoms with E-state index in [2.05, 4.69) is 27.1 Å². The maximum atomic E-state index is 5.75. The predicted molar refractivity (Wildman–Crippen MR) is 79.4 cm³/mol. The second kappa shape index (κ2) is 5.00. The molecule has 0 bridgehead atoms. The molecule has 0 amide bonds. The fraction of sp³-hybridized carbons (Fsp3) is 0.333. The van der Waals surface area contributed by atoms with Crippen molar-refractivity contribution in [3.05, 3.63) is 41.7 Å². The van der Waals surface area contributed by atoms with Crippen LogP contribution in [0.3, 0.4) is 0 Å². The second-order valence-corrected chi connectivity index (χ2v) is 5.93. The minimum atomic E-state index is 0.297. The van der Waals surface area contributed by atoms with Crippen molar-refractivity contribution in [2.24, 2.45) is 0 Å². The highest BCUT2D eigenvalue weighted by molar-refractivity contribution is 7.12. The van der Waals surface area contributed by atoms with Crippen molar-refractivity contribution in [2.75, 3.05) is 6.61 Å². The fourth-order valence-electron chi connectivity index (χ4n) is 2.73. The molecule has 4 rings (SSSR count). The lowest BCUT2D eigenvalue weighted by Gasteiger charge is -2.10. The third kappa shape index (κ3) is 2.03. The Balaban J connectivity index is 1.83. The van der Waals surface area contributed by atoms with Gasteiger partial charge in [0.2, 0.25) is 0 Å². The van der Waals surface area contributed by atoms with Crippen LogP contribution in [-0.2, 0) is 11.2 Å². The van der Waals surface area contributed by atoms with Crippen LogP contribution in [0.25, 0.3) is 16.2 Å². The lowest BCUT2D eigenvalue weighted by Crippen LogP contribution is -2.13. The summed E-state index contributed by atoms with van der Waals surface area (Å²) in [6, 6.07) is 8.12. The molecule has 4 nitrogen and oxygen atoms in total. The molecule has 4 heterocycles. The van der Waals surface area contributed by atoms with E-state index in [4.69, 9.17) is 9.72 Å². The van der Waals surface area contributed by atoms with E-state index in [0.717, 1.165) is 42.9 Å². The molecular formula is C15H15N3OS. The van der Waals surface area contributed by atoms with Crippen LogP contribution in [0, 0.1) is 0 Å². The second-order valence-electron chi connectivity index (χ2n) is 5.00. The van der Waals surface area contributed by atoms with Crippen LogP contribution in [0.2, 0.25) is 0 Å². The number of pyridine rings is 1. The highest BCUT2D eigenvalue weighted by Crippen LogP contribution is 2.26. The average molecular weight is 285 g/mol. The highest BCUT2D eigenvalue weighted by atomic mass is 32.1. The normalized spacial score (nSPS) is 18.9. The van der Waals surface area contributed by atoms with Gasteiger partial charge in [0, 0.05) is 19.2 Å². The molecule has 0 N–H and O–H groups in total. The van der Waals surface area contributed by atoms with Gasteiger partial charge in [0.1, 0.15) is 16.3 Å². The summed E-state index contributed by atoms with van der Waals surface area (Å²) < 4.78 is 7.92. The Kier molecular flexibility index (Phi) is 3.01. The summed E-state index contributed by atoms with van der Waals surface area (Å²) in [5.74, 6) is 1.05. The number of fused-ring (bicyclic) bond motifs is 1. The number of aromatic nitrogens is 3. The summed E-state index contributed by atoms with van der Waals surface area (Å²) in [5, 5.41) is 3.25. The Morgan fingerprint density at radius 2 is 2.35 bits per heavy atom.